The highest BCUT2D eigenvalue weighted by Crippen LogP contribution is 2.26. The third kappa shape index (κ3) is 4.76. The van der Waals surface area contributed by atoms with Crippen molar-refractivity contribution in [1.29, 1.82) is 0 Å². The molecule has 1 aromatic carbocycles. The van der Waals surface area contributed by atoms with Gasteiger partial charge in [0.05, 0.1) is 19.3 Å². The molecule has 0 fully saturated rings. The second-order valence-corrected chi connectivity index (χ2v) is 4.39. The standard InChI is InChI=1S/C11H13BrN2O5/c1-19-6-2-3-7(12)8(4-6)14-11(18)13-5-9(15)10(16)17/h2-4,9,15H,5H2,1H3,(H,16,17)(H2,13,14,18)/t9-/m0/s1. The van der Waals surface area contributed by atoms with Crippen molar-refractivity contribution in [2.45, 2.75) is 6.10 Å². The van der Waals surface area contributed by atoms with Gasteiger partial charge in [-0.25, -0.2) is 9.59 Å². The fourth-order valence-corrected chi connectivity index (χ4v) is 1.52. The first-order chi connectivity index (χ1) is 8.93. The van der Waals surface area contributed by atoms with Crippen molar-refractivity contribution in [3.8, 4) is 5.75 Å². The van der Waals surface area contributed by atoms with E-state index in [1.165, 1.54) is 7.11 Å². The van der Waals surface area contributed by atoms with E-state index in [0.29, 0.717) is 15.9 Å². The summed E-state index contributed by atoms with van der Waals surface area (Å²) in [6, 6.07) is 4.37. The summed E-state index contributed by atoms with van der Waals surface area (Å²) in [4.78, 5) is 21.9. The van der Waals surface area contributed by atoms with Crippen LogP contribution >= 0.6 is 15.9 Å². The zero-order chi connectivity index (χ0) is 14.4. The molecule has 0 radical (unpaired) electrons. The maximum absolute atomic E-state index is 11.5. The molecule has 19 heavy (non-hydrogen) atoms. The predicted octanol–water partition coefficient (Wildman–Crippen LogP) is 1.02. The van der Waals surface area contributed by atoms with E-state index in [0.717, 1.165) is 0 Å². The summed E-state index contributed by atoms with van der Waals surface area (Å²) in [5.74, 6) is -0.841. The number of nitrogens with one attached hydrogen (secondary N) is 2. The van der Waals surface area contributed by atoms with Crippen LogP contribution in [0.25, 0.3) is 0 Å². The lowest BCUT2D eigenvalue weighted by Crippen LogP contribution is -2.38. The van der Waals surface area contributed by atoms with Crippen LogP contribution < -0.4 is 15.4 Å². The molecule has 0 aliphatic carbocycles. The minimum Gasteiger partial charge on any atom is -0.497 e. The average molecular weight is 333 g/mol. The van der Waals surface area contributed by atoms with Crippen molar-refractivity contribution in [1.82, 2.24) is 5.32 Å². The van der Waals surface area contributed by atoms with Crippen molar-refractivity contribution < 1.29 is 24.5 Å². The number of hydrogen-bond donors (Lipinski definition) is 4. The van der Waals surface area contributed by atoms with Gasteiger partial charge in [0.2, 0.25) is 0 Å². The highest BCUT2D eigenvalue weighted by Gasteiger charge is 2.14. The van der Waals surface area contributed by atoms with Crippen LogP contribution in [0, 0.1) is 0 Å². The molecule has 0 spiro atoms. The lowest BCUT2D eigenvalue weighted by Gasteiger charge is -2.11. The highest BCUT2D eigenvalue weighted by atomic mass is 79.9. The van der Waals surface area contributed by atoms with Crippen molar-refractivity contribution in [3.05, 3.63) is 22.7 Å². The molecule has 0 aromatic heterocycles. The Morgan fingerprint density at radius 1 is 1.47 bits per heavy atom. The quantitative estimate of drug-likeness (QED) is 0.644. The van der Waals surface area contributed by atoms with E-state index in [4.69, 9.17) is 14.9 Å². The Hall–Kier alpha value is -1.80. The van der Waals surface area contributed by atoms with Crippen LogP contribution in [0.1, 0.15) is 0 Å². The minimum absolute atomic E-state index is 0.386. The van der Waals surface area contributed by atoms with Gasteiger partial charge in [-0.2, -0.15) is 0 Å². The van der Waals surface area contributed by atoms with Crippen LogP contribution in [0.2, 0.25) is 0 Å². The van der Waals surface area contributed by atoms with Crippen LogP contribution in [0.3, 0.4) is 0 Å². The summed E-state index contributed by atoms with van der Waals surface area (Å²) < 4.78 is 5.65. The van der Waals surface area contributed by atoms with Gasteiger partial charge >= 0.3 is 12.0 Å². The largest absolute Gasteiger partial charge is 0.497 e. The van der Waals surface area contributed by atoms with E-state index >= 15 is 0 Å². The first-order valence-electron chi connectivity index (χ1n) is 5.23. The van der Waals surface area contributed by atoms with Gasteiger partial charge in [-0.05, 0) is 28.1 Å². The van der Waals surface area contributed by atoms with Gasteiger partial charge in [-0.1, -0.05) is 0 Å². The normalized spacial score (nSPS) is 11.5. The number of carbonyl (C=O) groups is 2. The second kappa shape index (κ2) is 6.95. The van der Waals surface area contributed by atoms with E-state index in [1.807, 2.05) is 0 Å². The van der Waals surface area contributed by atoms with Crippen LogP contribution in [0.5, 0.6) is 5.75 Å². The minimum atomic E-state index is -1.64. The van der Waals surface area contributed by atoms with Gasteiger partial charge in [0.25, 0.3) is 0 Å². The fourth-order valence-electron chi connectivity index (χ4n) is 1.17. The summed E-state index contributed by atoms with van der Waals surface area (Å²) in [5.41, 5.74) is 0.460. The molecule has 2 amide bonds. The molecule has 0 heterocycles. The summed E-state index contributed by atoms with van der Waals surface area (Å²) in [6.07, 6.45) is -1.64. The number of carbonyl (C=O) groups excluding carboxylic acids is 1. The van der Waals surface area contributed by atoms with Crippen LogP contribution in [-0.4, -0.2) is 42.0 Å². The molecule has 8 heteroatoms. The first kappa shape index (κ1) is 15.3. The summed E-state index contributed by atoms with van der Waals surface area (Å²) in [5, 5.41) is 22.2. The molecule has 7 nitrogen and oxygen atoms in total. The van der Waals surface area contributed by atoms with Gasteiger partial charge in [0.15, 0.2) is 6.10 Å². The van der Waals surface area contributed by atoms with Gasteiger partial charge < -0.3 is 25.6 Å². The molecule has 1 rings (SSSR count). The number of amides is 2. The molecule has 0 saturated heterocycles. The maximum atomic E-state index is 11.5. The Balaban J connectivity index is 2.59. The summed E-state index contributed by atoms with van der Waals surface area (Å²) in [7, 11) is 1.50. The summed E-state index contributed by atoms with van der Waals surface area (Å²) >= 11 is 3.25. The molecule has 0 saturated carbocycles. The molecule has 104 valence electrons. The molecule has 0 aliphatic rings. The number of carboxylic acid groups (broad SMARTS) is 1. The number of halogens is 1. The SMILES string of the molecule is COc1ccc(Br)c(NC(=O)NC[C@H](O)C(=O)O)c1. The number of carboxylic acids is 1. The van der Waals surface area contributed by atoms with Gasteiger partial charge in [0.1, 0.15) is 5.75 Å². The van der Waals surface area contributed by atoms with Crippen molar-refractivity contribution in [2.24, 2.45) is 0 Å². The van der Waals surface area contributed by atoms with Gasteiger partial charge in [-0.3, -0.25) is 0 Å². The molecule has 0 unspecified atom stereocenters. The van der Waals surface area contributed by atoms with E-state index in [2.05, 4.69) is 26.6 Å². The number of ether oxygens (including phenoxy) is 1. The number of benzene rings is 1. The molecule has 1 aromatic rings. The van der Waals surface area contributed by atoms with Crippen molar-refractivity contribution >= 4 is 33.6 Å². The number of methoxy groups -OCH3 is 1. The van der Waals surface area contributed by atoms with Crippen LogP contribution in [-0.2, 0) is 4.79 Å². The third-order valence-electron chi connectivity index (χ3n) is 2.16. The third-order valence-corrected chi connectivity index (χ3v) is 2.85. The van der Waals surface area contributed by atoms with E-state index < -0.39 is 18.1 Å². The molecule has 4 N–H and O–H groups in total. The van der Waals surface area contributed by atoms with E-state index in [1.54, 1.807) is 18.2 Å². The van der Waals surface area contributed by atoms with E-state index in [9.17, 15) is 9.59 Å². The zero-order valence-electron chi connectivity index (χ0n) is 10.0. The first-order valence-corrected chi connectivity index (χ1v) is 6.02. The Labute approximate surface area is 117 Å². The van der Waals surface area contributed by atoms with Crippen molar-refractivity contribution in [2.75, 3.05) is 19.0 Å². The molecular weight excluding hydrogens is 320 g/mol. The molecular formula is C11H13BrN2O5. The van der Waals surface area contributed by atoms with Gasteiger partial charge in [-0.15, -0.1) is 0 Å². The predicted molar refractivity (Wildman–Crippen MR) is 71.4 cm³/mol. The molecule has 0 bridgehead atoms. The number of anilines is 1. The molecule has 0 aliphatic heterocycles. The zero-order valence-corrected chi connectivity index (χ0v) is 11.6. The Morgan fingerprint density at radius 2 is 2.16 bits per heavy atom. The number of hydrogen-bond acceptors (Lipinski definition) is 4. The van der Waals surface area contributed by atoms with Crippen LogP contribution in [0.15, 0.2) is 22.7 Å². The second-order valence-electron chi connectivity index (χ2n) is 3.53. The summed E-state index contributed by atoms with van der Waals surface area (Å²) in [6.45, 7) is -0.386. The number of aliphatic carboxylic acids is 1. The number of aliphatic hydroxyl groups excluding tert-OH is 1. The Kier molecular flexibility index (Phi) is 5.58. The smallest absolute Gasteiger partial charge is 0.334 e. The number of rotatable bonds is 5. The van der Waals surface area contributed by atoms with Gasteiger partial charge in [0, 0.05) is 10.5 Å². The number of urea groups is 1. The lowest BCUT2D eigenvalue weighted by molar-refractivity contribution is -0.146. The molecule has 1 atom stereocenters. The number of aliphatic hydroxyl groups is 1. The average Bonchev–Trinajstić information content (AvgIpc) is 2.38. The van der Waals surface area contributed by atoms with E-state index in [-0.39, 0.29) is 6.54 Å². The lowest BCUT2D eigenvalue weighted by atomic mass is 10.3. The Morgan fingerprint density at radius 3 is 2.74 bits per heavy atom. The van der Waals surface area contributed by atoms with Crippen molar-refractivity contribution in [3.63, 3.8) is 0 Å². The topological polar surface area (TPSA) is 108 Å². The maximum Gasteiger partial charge on any atom is 0.334 e. The highest BCUT2D eigenvalue weighted by molar-refractivity contribution is 9.10. The Bertz CT molecular complexity index is 480. The monoisotopic (exact) mass is 332 g/mol. The fraction of sp³-hybridized carbons (Fsp3) is 0.273. The van der Waals surface area contributed by atoms with Crippen LogP contribution in [0.4, 0.5) is 10.5 Å².